The van der Waals surface area contributed by atoms with Crippen LogP contribution in [0.5, 0.6) is 0 Å². The summed E-state index contributed by atoms with van der Waals surface area (Å²) in [5.74, 6) is -8.15. The smallest absolute Gasteiger partial charge is 0.429 e. The van der Waals surface area contributed by atoms with Crippen molar-refractivity contribution in [3.05, 3.63) is 70.3 Å². The Bertz CT molecular complexity index is 3690. The van der Waals surface area contributed by atoms with Gasteiger partial charge in [0.15, 0.2) is 17.3 Å². The SMILES string of the molecule is CC[C@H](C)[C@@H]([C@@H](CC(=O)N1C[C@@H](OC(=O)OCc2ccc(CC(=O)[C@H](CCCCC(N)=O)NC(=O)[C@@H](CC(=O)CCCCCN3C(=O)CC(SCC4(CC(=O)ON5C(=O)CCC5=O)CC4)C3=O)C(C)C)cc2)C[C@H]1[C@H](OC)[C@@H](C)C(=O)NCC(=O)c1ccc(C)cc1C)OC)N(C)C(=O)[C@@H](CC(=O)[C@H](C(C)C)N(C)C)C(C)C. The molecule has 1 unspecified atom stereocenters. The molecule has 0 bridgehead atoms. The fraction of sp³-hybridized carbons (Fsp3) is 0.679. The van der Waals surface area contributed by atoms with Crippen LogP contribution in [0.25, 0.3) is 0 Å². The number of carbonyl (C=O) groups is 15. The standard InChI is InChI=1S/C84H124N8O20S/c1-17-53(9)77(89(14)81(105)62(50(4)5)41-66(95)76(51(6)7)88(12)13)68(108-15)42-73(100)91-46-59(40-64(91)78(109-16)55(11)79(103)86-45-67(96)60-31-26-52(8)37-54(60)10)111-83(107)110-47-57-29-27-56(28-30-57)38-65(94)63(24-20-21-25-70(85)97)87-80(104)61(49(2)3)39-58(93)23-19-18-22-36-90-74(101)43-69(82(90)106)113-48-84(34-35-84)44-75(102)112-92-71(98)32-33-72(92)99/h26-31,37,49-51,53,55,59,61-64,68-69,76-78H,17-25,32-36,38-48H2,1-16H3,(H2,85,97)(H,86,103)(H,87,104)/t53-,55+,59-,61-,62-,63-,64-,68+,69?,76-,77-,78+/m0/s1. The second-order valence-corrected chi connectivity index (χ2v) is 34.0. The Morgan fingerprint density at radius 1 is 0.726 bits per heavy atom. The van der Waals surface area contributed by atoms with Gasteiger partial charge in [-0.2, -0.15) is 0 Å². The van der Waals surface area contributed by atoms with E-state index in [0.717, 1.165) is 11.1 Å². The lowest BCUT2D eigenvalue weighted by Gasteiger charge is -2.41. The number of hydrogen-bond acceptors (Lipinski definition) is 22. The first-order valence-corrected chi connectivity index (χ1v) is 41.1. The van der Waals surface area contributed by atoms with Crippen molar-refractivity contribution < 1.29 is 95.7 Å². The van der Waals surface area contributed by atoms with Gasteiger partial charge in [0.05, 0.1) is 73.5 Å². The van der Waals surface area contributed by atoms with Crippen LogP contribution in [0.4, 0.5) is 4.79 Å². The summed E-state index contributed by atoms with van der Waals surface area (Å²) in [5, 5.41) is 5.58. The van der Waals surface area contributed by atoms with E-state index in [9.17, 15) is 67.1 Å². The number of likely N-dealkylation sites (tertiary alicyclic amines) is 2. The van der Waals surface area contributed by atoms with Gasteiger partial charge in [-0.05, 0) is 112 Å². The number of unbranched alkanes of at least 4 members (excludes halogenated alkanes) is 3. The van der Waals surface area contributed by atoms with Crippen molar-refractivity contribution in [2.75, 3.05) is 60.7 Å². The minimum atomic E-state index is -1.06. The maximum atomic E-state index is 15.1. The van der Waals surface area contributed by atoms with Crippen molar-refractivity contribution >= 4 is 100 Å². The lowest BCUT2D eigenvalue weighted by atomic mass is 9.83. The van der Waals surface area contributed by atoms with E-state index in [4.69, 9.17) is 29.5 Å². The molecule has 113 heavy (non-hydrogen) atoms. The average Bonchev–Trinajstić information content (AvgIpc) is 1.71. The number of thioether (sulfide) groups is 1. The summed E-state index contributed by atoms with van der Waals surface area (Å²) in [5.41, 5.74) is 8.28. The minimum Gasteiger partial charge on any atom is -0.429 e. The second kappa shape index (κ2) is 44.0. The molecule has 4 aliphatic rings. The largest absolute Gasteiger partial charge is 0.508 e. The number of primary amides is 1. The number of hydrogen-bond donors (Lipinski definition) is 3. The number of imide groups is 2. The molecule has 4 fully saturated rings. The number of rotatable bonds is 49. The molecule has 3 heterocycles. The first kappa shape index (κ1) is 93.6. The number of amides is 9. The number of benzene rings is 2. The number of ketones is 4. The Kier molecular flexibility index (Phi) is 36.4. The highest BCUT2D eigenvalue weighted by atomic mass is 32.2. The maximum Gasteiger partial charge on any atom is 0.508 e. The van der Waals surface area contributed by atoms with Gasteiger partial charge in [-0.15, -0.1) is 16.8 Å². The molecular weight excluding hydrogens is 1470 g/mol. The monoisotopic (exact) mass is 1600 g/mol. The molecular formula is C84H124N8O20S. The number of hydroxylamine groups is 2. The number of methoxy groups -OCH3 is 2. The van der Waals surface area contributed by atoms with Crippen molar-refractivity contribution in [3.8, 4) is 0 Å². The van der Waals surface area contributed by atoms with E-state index in [0.29, 0.717) is 78.9 Å². The second-order valence-electron chi connectivity index (χ2n) is 32.8. The van der Waals surface area contributed by atoms with E-state index in [1.54, 1.807) is 49.2 Å². The third kappa shape index (κ3) is 27.2. The first-order valence-electron chi connectivity index (χ1n) is 40.1. The van der Waals surface area contributed by atoms with Crippen LogP contribution in [0.3, 0.4) is 0 Å². The summed E-state index contributed by atoms with van der Waals surface area (Å²) in [4.78, 5) is 213. The number of nitrogens with zero attached hydrogens (tertiary/aromatic N) is 5. The molecule has 9 amide bonds. The predicted molar refractivity (Wildman–Crippen MR) is 422 cm³/mol. The topological polar surface area (TPSA) is 368 Å². The number of ether oxygens (including phenoxy) is 4. The Hall–Kier alpha value is -8.28. The first-order chi connectivity index (χ1) is 53.3. The van der Waals surface area contributed by atoms with Gasteiger partial charge >= 0.3 is 12.1 Å². The predicted octanol–water partition coefficient (Wildman–Crippen LogP) is 8.74. The molecule has 4 N–H and O–H groups in total. The summed E-state index contributed by atoms with van der Waals surface area (Å²) in [7, 11) is 8.26. The molecule has 3 aliphatic heterocycles. The molecule has 0 aromatic heterocycles. The van der Waals surface area contributed by atoms with E-state index in [2.05, 4.69) is 10.6 Å². The van der Waals surface area contributed by atoms with Gasteiger partial charge in [-0.1, -0.05) is 130 Å². The van der Waals surface area contributed by atoms with Crippen LogP contribution in [0.2, 0.25) is 0 Å². The van der Waals surface area contributed by atoms with Crippen LogP contribution in [-0.4, -0.2) is 222 Å². The number of carbonyl (C=O) groups excluding carboxylic acids is 15. The van der Waals surface area contributed by atoms with Gasteiger partial charge in [0.2, 0.25) is 41.4 Å². The molecule has 12 atom stereocenters. The molecule has 0 spiro atoms. The lowest BCUT2D eigenvalue weighted by Crippen LogP contribution is -2.54. The van der Waals surface area contributed by atoms with Crippen LogP contribution in [0.1, 0.15) is 217 Å². The van der Waals surface area contributed by atoms with Crippen molar-refractivity contribution in [1.82, 2.24) is 35.3 Å². The van der Waals surface area contributed by atoms with E-state index in [-0.39, 0.29) is 168 Å². The van der Waals surface area contributed by atoms with Gasteiger partial charge in [-0.25, -0.2) is 9.59 Å². The molecule has 1 aliphatic carbocycles. The summed E-state index contributed by atoms with van der Waals surface area (Å²) < 4.78 is 23.8. The van der Waals surface area contributed by atoms with Gasteiger partial charge in [0, 0.05) is 109 Å². The van der Waals surface area contributed by atoms with Crippen molar-refractivity contribution in [3.63, 3.8) is 0 Å². The maximum absolute atomic E-state index is 15.1. The number of Topliss-reactive ketones (excluding diaryl/α,β-unsaturated/α-hetero) is 4. The lowest BCUT2D eigenvalue weighted by molar-refractivity contribution is -0.198. The van der Waals surface area contributed by atoms with Crippen LogP contribution in [0, 0.1) is 60.7 Å². The summed E-state index contributed by atoms with van der Waals surface area (Å²) >= 11 is 1.31. The third-order valence-corrected chi connectivity index (χ3v) is 24.3. The third-order valence-electron chi connectivity index (χ3n) is 22.7. The fourth-order valence-corrected chi connectivity index (χ4v) is 17.2. The van der Waals surface area contributed by atoms with Crippen molar-refractivity contribution in [2.24, 2.45) is 52.6 Å². The van der Waals surface area contributed by atoms with E-state index < -0.39 is 118 Å². The molecule has 29 heteroatoms. The zero-order chi connectivity index (χ0) is 83.9. The number of nitrogens with two attached hydrogens (primary N) is 1. The Balaban J connectivity index is 1.06. The van der Waals surface area contributed by atoms with Gasteiger partial charge < -0.3 is 50.0 Å². The molecule has 2 aromatic carbocycles. The summed E-state index contributed by atoms with van der Waals surface area (Å²) in [6, 6.07) is 9.22. The normalized spacial score (nSPS) is 19.2. The number of aryl methyl sites for hydroxylation is 2. The number of nitrogens with one attached hydrogen (secondary N) is 2. The van der Waals surface area contributed by atoms with E-state index in [1.807, 2.05) is 100 Å². The van der Waals surface area contributed by atoms with Crippen LogP contribution < -0.4 is 16.4 Å². The molecule has 28 nitrogen and oxygen atoms in total. The molecule has 2 aromatic rings. The summed E-state index contributed by atoms with van der Waals surface area (Å²) in [6.45, 7) is 20.2. The van der Waals surface area contributed by atoms with E-state index in [1.165, 1.54) is 35.8 Å². The quantitative estimate of drug-likeness (QED) is 0.0241. The van der Waals surface area contributed by atoms with Crippen molar-refractivity contribution in [1.29, 1.82) is 0 Å². The molecule has 626 valence electrons. The van der Waals surface area contributed by atoms with Gasteiger partial charge in [-0.3, -0.25) is 72.1 Å². The van der Waals surface area contributed by atoms with Crippen molar-refractivity contribution in [2.45, 2.75) is 259 Å². The molecule has 1 saturated carbocycles. The van der Waals surface area contributed by atoms with Crippen LogP contribution >= 0.6 is 11.8 Å². The minimum absolute atomic E-state index is 0.00485. The van der Waals surface area contributed by atoms with Crippen LogP contribution in [-0.2, 0) is 99.1 Å². The zero-order valence-corrected chi connectivity index (χ0v) is 70.1. The molecule has 6 rings (SSSR count). The Morgan fingerprint density at radius 2 is 1.37 bits per heavy atom. The average molecular weight is 1600 g/mol. The van der Waals surface area contributed by atoms with Gasteiger partial charge in [0.25, 0.3) is 11.8 Å². The molecule has 3 saturated heterocycles. The van der Waals surface area contributed by atoms with E-state index >= 15 is 4.79 Å². The fourth-order valence-electron chi connectivity index (χ4n) is 15.7. The Morgan fingerprint density at radius 3 is 1.96 bits per heavy atom. The zero-order valence-electron chi connectivity index (χ0n) is 69.3. The highest BCUT2D eigenvalue weighted by Crippen LogP contribution is 2.52. The highest BCUT2D eigenvalue weighted by Gasteiger charge is 2.50. The summed E-state index contributed by atoms with van der Waals surface area (Å²) in [6.07, 6.45) is 0.245. The van der Waals surface area contributed by atoms with Gasteiger partial charge in [0.1, 0.15) is 18.5 Å². The Labute approximate surface area is 670 Å². The molecule has 0 radical (unpaired) electrons. The van der Waals surface area contributed by atoms with Crippen LogP contribution in [0.15, 0.2) is 42.5 Å². The number of likely N-dealkylation sites (N-methyl/N-ethyl adjacent to an activating group) is 2. The highest BCUT2D eigenvalue weighted by molar-refractivity contribution is 8.00.